The minimum absolute atomic E-state index is 0.133. The fraction of sp³-hybridized carbons (Fsp3) is 0.667. The van der Waals surface area contributed by atoms with Gasteiger partial charge in [0.1, 0.15) is 0 Å². The molecule has 0 radical (unpaired) electrons. The van der Waals surface area contributed by atoms with Gasteiger partial charge in [0.15, 0.2) is 0 Å². The van der Waals surface area contributed by atoms with Crippen LogP contribution in [0.4, 0.5) is 0 Å². The third-order valence-electron chi connectivity index (χ3n) is 3.49. The maximum atomic E-state index is 5.72. The molecule has 0 aliphatic heterocycles. The monoisotopic (exact) mass is 293 g/mol. The number of hydrogen-bond donors (Lipinski definition) is 1. The van der Waals surface area contributed by atoms with E-state index in [2.05, 4.69) is 50.4 Å². The van der Waals surface area contributed by atoms with Crippen LogP contribution in [-0.2, 0) is 16.1 Å². The van der Waals surface area contributed by atoms with E-state index in [-0.39, 0.29) is 6.10 Å². The standard InChI is InChI=1S/C18H31NO2/c1-14(2)10-19-11-15(3)18-8-6-17(7-9-18)13-21-16(4)12-20-5/h6-9,14-16,19H,10-13H2,1-5H3. The first-order valence-electron chi connectivity index (χ1n) is 7.93. The highest BCUT2D eigenvalue weighted by atomic mass is 16.5. The molecule has 0 aliphatic rings. The molecular weight excluding hydrogens is 262 g/mol. The molecule has 3 nitrogen and oxygen atoms in total. The summed E-state index contributed by atoms with van der Waals surface area (Å²) in [6, 6.07) is 8.74. The maximum Gasteiger partial charge on any atom is 0.0784 e. The third kappa shape index (κ3) is 7.60. The summed E-state index contributed by atoms with van der Waals surface area (Å²) >= 11 is 0. The van der Waals surface area contributed by atoms with Gasteiger partial charge in [-0.05, 0) is 36.4 Å². The predicted molar refractivity (Wildman–Crippen MR) is 88.7 cm³/mol. The Balaban J connectivity index is 2.38. The molecule has 3 heteroatoms. The van der Waals surface area contributed by atoms with Crippen molar-refractivity contribution in [3.05, 3.63) is 35.4 Å². The molecule has 0 saturated heterocycles. The Morgan fingerprint density at radius 2 is 1.67 bits per heavy atom. The second kappa shape index (κ2) is 9.93. The van der Waals surface area contributed by atoms with Crippen molar-refractivity contribution in [3.8, 4) is 0 Å². The van der Waals surface area contributed by atoms with E-state index < -0.39 is 0 Å². The highest BCUT2D eigenvalue weighted by Gasteiger charge is 2.06. The van der Waals surface area contributed by atoms with E-state index in [1.807, 2.05) is 6.92 Å². The zero-order chi connectivity index (χ0) is 15.7. The molecule has 0 aliphatic carbocycles. The van der Waals surface area contributed by atoms with Crippen LogP contribution in [0.15, 0.2) is 24.3 Å². The Morgan fingerprint density at radius 3 is 2.24 bits per heavy atom. The average Bonchev–Trinajstić information content (AvgIpc) is 2.45. The first kappa shape index (κ1) is 18.1. The number of methoxy groups -OCH3 is 1. The average molecular weight is 293 g/mol. The summed E-state index contributed by atoms with van der Waals surface area (Å²) < 4.78 is 10.8. The van der Waals surface area contributed by atoms with Crippen LogP contribution in [0.1, 0.15) is 44.7 Å². The Morgan fingerprint density at radius 1 is 1.00 bits per heavy atom. The quantitative estimate of drug-likeness (QED) is 0.715. The van der Waals surface area contributed by atoms with Gasteiger partial charge >= 0.3 is 0 Å². The van der Waals surface area contributed by atoms with Crippen molar-refractivity contribution < 1.29 is 9.47 Å². The van der Waals surface area contributed by atoms with E-state index in [9.17, 15) is 0 Å². The lowest BCUT2D eigenvalue weighted by atomic mass is 9.99. The van der Waals surface area contributed by atoms with Crippen molar-refractivity contribution in [2.75, 3.05) is 26.8 Å². The summed E-state index contributed by atoms with van der Waals surface area (Å²) in [7, 11) is 1.70. The molecular formula is C18H31NO2. The molecule has 1 aromatic carbocycles. The molecule has 120 valence electrons. The van der Waals surface area contributed by atoms with Gasteiger partial charge < -0.3 is 14.8 Å². The van der Waals surface area contributed by atoms with E-state index in [0.29, 0.717) is 25.0 Å². The van der Waals surface area contributed by atoms with Crippen LogP contribution < -0.4 is 5.32 Å². The molecule has 0 saturated carbocycles. The number of hydrogen-bond acceptors (Lipinski definition) is 3. The molecule has 1 aromatic rings. The van der Waals surface area contributed by atoms with E-state index in [1.54, 1.807) is 7.11 Å². The van der Waals surface area contributed by atoms with E-state index >= 15 is 0 Å². The SMILES string of the molecule is COCC(C)OCc1ccc(C(C)CNCC(C)C)cc1. The number of benzene rings is 1. The molecule has 2 atom stereocenters. The highest BCUT2D eigenvalue weighted by Crippen LogP contribution is 2.16. The Kier molecular flexibility index (Phi) is 8.58. The summed E-state index contributed by atoms with van der Waals surface area (Å²) in [6.07, 6.45) is 0.133. The molecule has 1 rings (SSSR count). The highest BCUT2D eigenvalue weighted by molar-refractivity contribution is 5.24. The topological polar surface area (TPSA) is 30.5 Å². The Hall–Kier alpha value is -0.900. The van der Waals surface area contributed by atoms with Crippen LogP contribution in [0, 0.1) is 5.92 Å². The fourth-order valence-electron chi connectivity index (χ4n) is 2.17. The third-order valence-corrected chi connectivity index (χ3v) is 3.49. The van der Waals surface area contributed by atoms with Gasteiger partial charge in [0.25, 0.3) is 0 Å². The first-order chi connectivity index (χ1) is 10.0. The number of ether oxygens (including phenoxy) is 2. The van der Waals surface area contributed by atoms with E-state index in [1.165, 1.54) is 11.1 Å². The van der Waals surface area contributed by atoms with Crippen LogP contribution in [0.5, 0.6) is 0 Å². The van der Waals surface area contributed by atoms with Gasteiger partial charge in [0, 0.05) is 13.7 Å². The maximum absolute atomic E-state index is 5.72. The van der Waals surface area contributed by atoms with Crippen molar-refractivity contribution in [1.82, 2.24) is 5.32 Å². The van der Waals surface area contributed by atoms with Gasteiger partial charge in [0.2, 0.25) is 0 Å². The minimum atomic E-state index is 0.133. The van der Waals surface area contributed by atoms with Gasteiger partial charge in [-0.25, -0.2) is 0 Å². The molecule has 0 spiro atoms. The summed E-state index contributed by atoms with van der Waals surface area (Å²) in [5.41, 5.74) is 2.59. The molecule has 2 unspecified atom stereocenters. The van der Waals surface area contributed by atoms with E-state index in [4.69, 9.17) is 9.47 Å². The smallest absolute Gasteiger partial charge is 0.0784 e. The predicted octanol–water partition coefficient (Wildman–Crippen LogP) is 3.59. The van der Waals surface area contributed by atoms with Crippen molar-refractivity contribution in [2.24, 2.45) is 5.92 Å². The fourth-order valence-corrected chi connectivity index (χ4v) is 2.17. The first-order valence-corrected chi connectivity index (χ1v) is 7.93. The molecule has 21 heavy (non-hydrogen) atoms. The minimum Gasteiger partial charge on any atom is -0.382 e. The van der Waals surface area contributed by atoms with Crippen LogP contribution in [0.25, 0.3) is 0 Å². The Bertz CT molecular complexity index is 375. The van der Waals surface area contributed by atoms with E-state index in [0.717, 1.165) is 13.1 Å². The Labute approximate surface area is 130 Å². The summed E-state index contributed by atoms with van der Waals surface area (Å²) in [6.45, 7) is 12.1. The van der Waals surface area contributed by atoms with Crippen molar-refractivity contribution in [3.63, 3.8) is 0 Å². The van der Waals surface area contributed by atoms with Crippen LogP contribution in [0.3, 0.4) is 0 Å². The molecule has 0 bridgehead atoms. The van der Waals surface area contributed by atoms with Crippen molar-refractivity contribution in [2.45, 2.75) is 46.3 Å². The lowest BCUT2D eigenvalue weighted by molar-refractivity contribution is -0.000130. The lowest BCUT2D eigenvalue weighted by Gasteiger charge is -2.15. The summed E-state index contributed by atoms with van der Waals surface area (Å²) in [5, 5.41) is 3.51. The normalized spacial score (nSPS) is 14.4. The molecule has 1 N–H and O–H groups in total. The van der Waals surface area contributed by atoms with Gasteiger partial charge in [-0.2, -0.15) is 0 Å². The number of rotatable bonds is 10. The van der Waals surface area contributed by atoms with Gasteiger partial charge in [-0.15, -0.1) is 0 Å². The van der Waals surface area contributed by atoms with Crippen LogP contribution in [-0.4, -0.2) is 32.9 Å². The zero-order valence-electron chi connectivity index (χ0n) is 14.2. The number of nitrogens with one attached hydrogen (secondary N) is 1. The summed E-state index contributed by atoms with van der Waals surface area (Å²) in [5.74, 6) is 1.23. The van der Waals surface area contributed by atoms with Gasteiger partial charge in [0.05, 0.1) is 19.3 Å². The lowest BCUT2D eigenvalue weighted by Crippen LogP contribution is -2.24. The largest absolute Gasteiger partial charge is 0.382 e. The molecule has 0 fully saturated rings. The van der Waals surface area contributed by atoms with Crippen LogP contribution in [0.2, 0.25) is 0 Å². The van der Waals surface area contributed by atoms with Gasteiger partial charge in [-0.1, -0.05) is 45.0 Å². The van der Waals surface area contributed by atoms with Crippen molar-refractivity contribution >= 4 is 0 Å². The van der Waals surface area contributed by atoms with Crippen LogP contribution >= 0.6 is 0 Å². The zero-order valence-corrected chi connectivity index (χ0v) is 14.2. The van der Waals surface area contributed by atoms with Gasteiger partial charge in [-0.3, -0.25) is 0 Å². The second-order valence-corrected chi connectivity index (χ2v) is 6.27. The molecule has 0 heterocycles. The molecule has 0 aromatic heterocycles. The molecule has 0 amide bonds. The van der Waals surface area contributed by atoms with Crippen molar-refractivity contribution in [1.29, 1.82) is 0 Å². The summed E-state index contributed by atoms with van der Waals surface area (Å²) in [4.78, 5) is 0. The second-order valence-electron chi connectivity index (χ2n) is 6.27.